The predicted molar refractivity (Wildman–Crippen MR) is 86.0 cm³/mol. The summed E-state index contributed by atoms with van der Waals surface area (Å²) in [5.74, 6) is 0.985. The zero-order valence-corrected chi connectivity index (χ0v) is 13.6. The van der Waals surface area contributed by atoms with E-state index in [0.29, 0.717) is 24.5 Å². The summed E-state index contributed by atoms with van der Waals surface area (Å²) >= 11 is 0. The van der Waals surface area contributed by atoms with Crippen LogP contribution in [-0.4, -0.2) is 23.4 Å². The van der Waals surface area contributed by atoms with Gasteiger partial charge in [0.2, 0.25) is 0 Å². The highest BCUT2D eigenvalue weighted by atomic mass is 19.4. The largest absolute Gasteiger partial charge is 0.416 e. The molecule has 2 N–H and O–H groups in total. The van der Waals surface area contributed by atoms with Crippen molar-refractivity contribution in [1.29, 1.82) is 0 Å². The highest BCUT2D eigenvalue weighted by molar-refractivity contribution is 5.78. The number of alkyl halides is 3. The number of aliphatic imine (C=N–C) groups is 1. The molecule has 1 atom stereocenters. The Morgan fingerprint density at radius 3 is 2.48 bits per heavy atom. The minimum atomic E-state index is -4.31. The summed E-state index contributed by atoms with van der Waals surface area (Å²) in [6, 6.07) is 5.46. The van der Waals surface area contributed by atoms with Gasteiger partial charge in [0.1, 0.15) is 0 Å². The van der Waals surface area contributed by atoms with Gasteiger partial charge in [-0.25, -0.2) is 4.99 Å². The molecule has 6 heteroatoms. The van der Waals surface area contributed by atoms with Crippen molar-refractivity contribution in [3.8, 4) is 0 Å². The van der Waals surface area contributed by atoms with Crippen LogP contribution in [0.1, 0.15) is 44.2 Å². The summed E-state index contributed by atoms with van der Waals surface area (Å²) in [7, 11) is 0. The average molecular weight is 327 g/mol. The fourth-order valence-electron chi connectivity index (χ4n) is 3.00. The highest BCUT2D eigenvalue weighted by Gasteiger charge is 2.30. The summed E-state index contributed by atoms with van der Waals surface area (Å²) in [5, 5.41) is 0. The van der Waals surface area contributed by atoms with Crippen molar-refractivity contribution in [1.82, 2.24) is 4.90 Å². The van der Waals surface area contributed by atoms with Crippen molar-refractivity contribution in [3.05, 3.63) is 35.4 Å². The molecule has 3 nitrogen and oxygen atoms in total. The highest BCUT2D eigenvalue weighted by Crippen LogP contribution is 2.29. The third kappa shape index (κ3) is 4.62. The second kappa shape index (κ2) is 7.23. The van der Waals surface area contributed by atoms with Crippen LogP contribution >= 0.6 is 0 Å². The molecule has 0 radical (unpaired) electrons. The van der Waals surface area contributed by atoms with Gasteiger partial charge in [0.05, 0.1) is 12.1 Å². The molecule has 0 amide bonds. The van der Waals surface area contributed by atoms with Crippen LogP contribution in [0.25, 0.3) is 0 Å². The molecular formula is C17H24F3N3. The molecule has 1 aliphatic rings. The van der Waals surface area contributed by atoms with E-state index in [0.717, 1.165) is 37.1 Å². The number of benzene rings is 1. The summed E-state index contributed by atoms with van der Waals surface area (Å²) in [6.07, 6.45) is -0.904. The topological polar surface area (TPSA) is 41.6 Å². The van der Waals surface area contributed by atoms with Gasteiger partial charge >= 0.3 is 6.18 Å². The van der Waals surface area contributed by atoms with Gasteiger partial charge in [0.15, 0.2) is 5.96 Å². The Kier molecular flexibility index (Phi) is 5.55. The third-order valence-corrected chi connectivity index (χ3v) is 4.32. The molecular weight excluding hydrogens is 303 g/mol. The van der Waals surface area contributed by atoms with E-state index >= 15 is 0 Å². The van der Waals surface area contributed by atoms with Crippen molar-refractivity contribution in [3.63, 3.8) is 0 Å². The van der Waals surface area contributed by atoms with E-state index in [-0.39, 0.29) is 0 Å². The lowest BCUT2D eigenvalue weighted by Gasteiger charge is -2.39. The van der Waals surface area contributed by atoms with Gasteiger partial charge in [-0.1, -0.05) is 26.0 Å². The van der Waals surface area contributed by atoms with Gasteiger partial charge in [0.25, 0.3) is 0 Å². The summed E-state index contributed by atoms with van der Waals surface area (Å²) in [4.78, 5) is 6.52. The zero-order valence-electron chi connectivity index (χ0n) is 13.6. The molecule has 1 saturated heterocycles. The number of rotatable bonds is 3. The Morgan fingerprint density at radius 1 is 1.26 bits per heavy atom. The van der Waals surface area contributed by atoms with Crippen LogP contribution < -0.4 is 5.73 Å². The van der Waals surface area contributed by atoms with E-state index in [1.807, 2.05) is 0 Å². The molecule has 0 aliphatic carbocycles. The molecule has 0 aromatic heterocycles. The van der Waals surface area contributed by atoms with Crippen molar-refractivity contribution in [2.24, 2.45) is 16.6 Å². The number of likely N-dealkylation sites (tertiary alicyclic amines) is 1. The van der Waals surface area contributed by atoms with Gasteiger partial charge in [-0.2, -0.15) is 13.2 Å². The first-order valence-electron chi connectivity index (χ1n) is 8.01. The van der Waals surface area contributed by atoms with E-state index in [1.54, 1.807) is 0 Å². The lowest BCUT2D eigenvalue weighted by Crippen LogP contribution is -2.49. The first-order chi connectivity index (χ1) is 10.8. The minimum Gasteiger partial charge on any atom is -0.370 e. The zero-order chi connectivity index (χ0) is 17.0. The number of hydrogen-bond donors (Lipinski definition) is 1. The smallest absolute Gasteiger partial charge is 0.370 e. The molecule has 1 aromatic rings. The normalized spacial score (nSPS) is 20.2. The Balaban J connectivity index is 2.03. The van der Waals surface area contributed by atoms with Gasteiger partial charge in [-0.05, 0) is 42.9 Å². The second-order valence-corrected chi connectivity index (χ2v) is 6.37. The molecule has 0 spiro atoms. The van der Waals surface area contributed by atoms with Crippen LogP contribution in [0.2, 0.25) is 0 Å². The van der Waals surface area contributed by atoms with E-state index in [1.165, 1.54) is 18.6 Å². The number of guanidine groups is 1. The van der Waals surface area contributed by atoms with Crippen LogP contribution in [0.3, 0.4) is 0 Å². The molecule has 23 heavy (non-hydrogen) atoms. The average Bonchev–Trinajstić information content (AvgIpc) is 2.52. The maximum Gasteiger partial charge on any atom is 0.416 e. The van der Waals surface area contributed by atoms with Crippen molar-refractivity contribution in [2.45, 2.75) is 51.9 Å². The van der Waals surface area contributed by atoms with E-state index in [4.69, 9.17) is 5.73 Å². The van der Waals surface area contributed by atoms with Gasteiger partial charge < -0.3 is 10.6 Å². The fraction of sp³-hybridized carbons (Fsp3) is 0.588. The summed E-state index contributed by atoms with van der Waals surface area (Å²) in [5.41, 5.74) is 6.20. The number of nitrogens with two attached hydrogens (primary N) is 1. The van der Waals surface area contributed by atoms with Crippen LogP contribution in [0, 0.1) is 5.92 Å². The van der Waals surface area contributed by atoms with E-state index in [9.17, 15) is 13.2 Å². The summed E-state index contributed by atoms with van der Waals surface area (Å²) < 4.78 is 37.6. The first-order valence-corrected chi connectivity index (χ1v) is 8.01. The minimum absolute atomic E-state index is 0.297. The quantitative estimate of drug-likeness (QED) is 0.673. The molecule has 1 fully saturated rings. The monoisotopic (exact) mass is 327 g/mol. The third-order valence-electron chi connectivity index (χ3n) is 4.32. The maximum absolute atomic E-state index is 12.5. The van der Waals surface area contributed by atoms with Crippen LogP contribution in [0.4, 0.5) is 13.2 Å². The number of nitrogens with zero attached hydrogens (tertiary/aromatic N) is 2. The Morgan fingerprint density at radius 2 is 1.91 bits per heavy atom. The Labute approximate surface area is 135 Å². The summed E-state index contributed by atoms with van der Waals surface area (Å²) in [6.45, 7) is 5.54. The molecule has 1 aromatic carbocycles. The van der Waals surface area contributed by atoms with Crippen LogP contribution in [0.15, 0.2) is 29.3 Å². The first kappa shape index (κ1) is 17.6. The number of halogens is 3. The fourth-order valence-corrected chi connectivity index (χ4v) is 3.00. The Bertz CT molecular complexity index is 535. The van der Waals surface area contributed by atoms with Crippen molar-refractivity contribution < 1.29 is 13.2 Å². The molecule has 128 valence electrons. The van der Waals surface area contributed by atoms with Crippen molar-refractivity contribution in [2.75, 3.05) is 6.54 Å². The predicted octanol–water partition coefficient (Wildman–Crippen LogP) is 4.03. The molecule has 0 saturated carbocycles. The second-order valence-electron chi connectivity index (χ2n) is 6.37. The lowest BCUT2D eigenvalue weighted by atomic mass is 9.93. The number of hydrogen-bond acceptors (Lipinski definition) is 1. The van der Waals surface area contributed by atoms with Crippen molar-refractivity contribution >= 4 is 5.96 Å². The molecule has 1 unspecified atom stereocenters. The maximum atomic E-state index is 12.5. The van der Waals surface area contributed by atoms with Crippen LogP contribution in [0.5, 0.6) is 0 Å². The lowest BCUT2D eigenvalue weighted by molar-refractivity contribution is -0.137. The molecule has 0 bridgehead atoms. The van der Waals surface area contributed by atoms with Gasteiger partial charge in [-0.3, -0.25) is 0 Å². The number of piperidine rings is 1. The Hall–Kier alpha value is -1.72. The molecule has 1 heterocycles. The molecule has 2 rings (SSSR count). The molecule has 1 aliphatic heterocycles. The standard InChI is InChI=1S/C17H24F3N3/c1-12(2)15-5-3-4-10-23(15)16(21)22-11-13-6-8-14(9-7-13)17(18,19)20/h6-9,12,15H,3-5,10-11H2,1-2H3,(H2,21,22). The van der Waals surface area contributed by atoms with Gasteiger partial charge in [0, 0.05) is 12.6 Å². The van der Waals surface area contributed by atoms with Crippen LogP contribution in [-0.2, 0) is 12.7 Å². The SMILES string of the molecule is CC(C)C1CCCCN1C(N)=NCc1ccc(C(F)(F)F)cc1. The van der Waals surface area contributed by atoms with Gasteiger partial charge in [-0.15, -0.1) is 0 Å². The van der Waals surface area contributed by atoms with E-state index < -0.39 is 11.7 Å². The van der Waals surface area contributed by atoms with E-state index in [2.05, 4.69) is 23.7 Å².